The average molecular weight is 150 g/mol. The minimum atomic E-state index is 0.230. The summed E-state index contributed by atoms with van der Waals surface area (Å²) in [6, 6.07) is 7.55. The molecule has 1 aromatic rings. The van der Waals surface area contributed by atoms with Crippen LogP contribution < -0.4 is 5.73 Å². The van der Waals surface area contributed by atoms with Crippen molar-refractivity contribution in [3.63, 3.8) is 0 Å². The molecule has 0 aliphatic heterocycles. The molecule has 3 heteroatoms. The van der Waals surface area contributed by atoms with E-state index in [0.717, 1.165) is 11.1 Å². The largest absolute Gasteiger partial charge is 0.326 e. The molecule has 0 spiro atoms. The van der Waals surface area contributed by atoms with Crippen molar-refractivity contribution in [1.29, 1.82) is 0 Å². The van der Waals surface area contributed by atoms with Gasteiger partial charge in [-0.2, -0.15) is 4.91 Å². The van der Waals surface area contributed by atoms with Crippen molar-refractivity contribution in [3.05, 3.63) is 40.3 Å². The second-order valence-electron chi connectivity index (χ2n) is 2.31. The first-order valence-corrected chi connectivity index (χ1v) is 3.44. The van der Waals surface area contributed by atoms with Gasteiger partial charge in [0.15, 0.2) is 0 Å². The maximum absolute atomic E-state index is 9.89. The molecule has 0 amide bonds. The number of nitrogens with zero attached hydrogens (tertiary/aromatic N) is 1. The van der Waals surface area contributed by atoms with Crippen molar-refractivity contribution in [2.75, 3.05) is 0 Å². The summed E-state index contributed by atoms with van der Waals surface area (Å²) in [5, 5.41) is 2.79. The van der Waals surface area contributed by atoms with Gasteiger partial charge in [0.1, 0.15) is 6.54 Å². The molecule has 0 saturated carbocycles. The first-order chi connectivity index (χ1) is 5.36. The summed E-state index contributed by atoms with van der Waals surface area (Å²) in [5.74, 6) is 0. The number of hydrogen-bond acceptors (Lipinski definition) is 3. The number of rotatable bonds is 3. The average Bonchev–Trinajstić information content (AvgIpc) is 2.06. The van der Waals surface area contributed by atoms with Crippen molar-refractivity contribution in [3.8, 4) is 0 Å². The van der Waals surface area contributed by atoms with Gasteiger partial charge in [0.05, 0.1) is 0 Å². The van der Waals surface area contributed by atoms with Crippen molar-refractivity contribution >= 4 is 0 Å². The van der Waals surface area contributed by atoms with Gasteiger partial charge < -0.3 is 5.73 Å². The van der Waals surface area contributed by atoms with Crippen molar-refractivity contribution in [1.82, 2.24) is 0 Å². The van der Waals surface area contributed by atoms with E-state index in [1.54, 1.807) is 0 Å². The molecule has 58 valence electrons. The standard InChI is InChI=1S/C8H10N2O/c9-5-7-2-1-3-8(4-7)6-10-11/h1-4H,5-6,9H2. The van der Waals surface area contributed by atoms with Crippen LogP contribution in [0.15, 0.2) is 29.4 Å². The Hall–Kier alpha value is -1.22. The van der Waals surface area contributed by atoms with E-state index in [1.807, 2.05) is 24.3 Å². The van der Waals surface area contributed by atoms with Crippen molar-refractivity contribution < 1.29 is 0 Å². The minimum absolute atomic E-state index is 0.230. The van der Waals surface area contributed by atoms with Crippen LogP contribution in [0.25, 0.3) is 0 Å². The highest BCUT2D eigenvalue weighted by Gasteiger charge is 1.92. The van der Waals surface area contributed by atoms with Gasteiger partial charge in [-0.3, -0.25) is 0 Å². The van der Waals surface area contributed by atoms with E-state index in [1.165, 1.54) is 0 Å². The Labute approximate surface area is 65.2 Å². The number of nitroso groups, excluding NO2 is 1. The molecule has 0 heterocycles. The SMILES string of the molecule is NCc1cccc(CN=O)c1. The summed E-state index contributed by atoms with van der Waals surface area (Å²) in [4.78, 5) is 9.89. The molecular weight excluding hydrogens is 140 g/mol. The summed E-state index contributed by atoms with van der Waals surface area (Å²) < 4.78 is 0. The topological polar surface area (TPSA) is 55.4 Å². The Kier molecular flexibility index (Phi) is 2.74. The van der Waals surface area contributed by atoms with Crippen LogP contribution in [0.3, 0.4) is 0 Å². The number of hydrogen-bond donors (Lipinski definition) is 1. The highest BCUT2D eigenvalue weighted by Crippen LogP contribution is 2.05. The van der Waals surface area contributed by atoms with Gasteiger partial charge in [0.2, 0.25) is 0 Å². The van der Waals surface area contributed by atoms with Crippen LogP contribution in [-0.2, 0) is 13.1 Å². The first-order valence-electron chi connectivity index (χ1n) is 3.44. The molecule has 0 aliphatic carbocycles. The summed E-state index contributed by atoms with van der Waals surface area (Å²) in [7, 11) is 0. The van der Waals surface area contributed by atoms with Crippen LogP contribution in [0.5, 0.6) is 0 Å². The van der Waals surface area contributed by atoms with Crippen LogP contribution in [0.2, 0.25) is 0 Å². The van der Waals surface area contributed by atoms with Crippen LogP contribution in [0, 0.1) is 4.91 Å². The number of nitrogens with two attached hydrogens (primary N) is 1. The monoisotopic (exact) mass is 150 g/mol. The van der Waals surface area contributed by atoms with Gasteiger partial charge in [-0.25, -0.2) is 0 Å². The molecule has 0 fully saturated rings. The van der Waals surface area contributed by atoms with E-state index < -0.39 is 0 Å². The van der Waals surface area contributed by atoms with E-state index in [4.69, 9.17) is 5.73 Å². The van der Waals surface area contributed by atoms with E-state index in [-0.39, 0.29) is 6.54 Å². The second-order valence-corrected chi connectivity index (χ2v) is 2.31. The maximum atomic E-state index is 9.89. The van der Waals surface area contributed by atoms with Crippen LogP contribution in [-0.4, -0.2) is 0 Å². The normalized spacial score (nSPS) is 9.55. The lowest BCUT2D eigenvalue weighted by Crippen LogP contribution is -1.96. The lowest BCUT2D eigenvalue weighted by molar-refractivity contribution is 1.02. The van der Waals surface area contributed by atoms with Gasteiger partial charge in [0, 0.05) is 6.54 Å². The zero-order valence-corrected chi connectivity index (χ0v) is 6.16. The molecule has 0 aromatic heterocycles. The van der Waals surface area contributed by atoms with Gasteiger partial charge >= 0.3 is 0 Å². The molecule has 1 aromatic carbocycles. The van der Waals surface area contributed by atoms with Gasteiger partial charge in [0.25, 0.3) is 0 Å². The highest BCUT2D eigenvalue weighted by molar-refractivity contribution is 5.23. The molecule has 11 heavy (non-hydrogen) atoms. The fraction of sp³-hybridized carbons (Fsp3) is 0.250. The highest BCUT2D eigenvalue weighted by atomic mass is 16.3. The molecule has 0 bridgehead atoms. The Bertz CT molecular complexity index is 248. The quantitative estimate of drug-likeness (QED) is 0.662. The van der Waals surface area contributed by atoms with E-state index in [2.05, 4.69) is 5.18 Å². The summed E-state index contributed by atoms with van der Waals surface area (Å²) in [5.41, 5.74) is 7.36. The van der Waals surface area contributed by atoms with Crippen LogP contribution >= 0.6 is 0 Å². The predicted octanol–water partition coefficient (Wildman–Crippen LogP) is 1.41. The summed E-state index contributed by atoms with van der Waals surface area (Å²) in [6.45, 7) is 0.737. The molecule has 0 aliphatic rings. The molecule has 3 nitrogen and oxygen atoms in total. The van der Waals surface area contributed by atoms with E-state index >= 15 is 0 Å². The fourth-order valence-corrected chi connectivity index (χ4v) is 0.930. The third-order valence-electron chi connectivity index (χ3n) is 1.47. The molecule has 2 N–H and O–H groups in total. The van der Waals surface area contributed by atoms with Gasteiger partial charge in [-0.05, 0) is 11.1 Å². The third kappa shape index (κ3) is 2.13. The third-order valence-corrected chi connectivity index (χ3v) is 1.47. The summed E-state index contributed by atoms with van der Waals surface area (Å²) in [6.07, 6.45) is 0. The Morgan fingerprint density at radius 1 is 1.36 bits per heavy atom. The molecule has 0 unspecified atom stereocenters. The maximum Gasteiger partial charge on any atom is 0.106 e. The zero-order chi connectivity index (χ0) is 8.10. The van der Waals surface area contributed by atoms with Crippen LogP contribution in [0.1, 0.15) is 11.1 Å². The Balaban J connectivity index is 2.82. The fourth-order valence-electron chi connectivity index (χ4n) is 0.930. The molecule has 1 rings (SSSR count). The van der Waals surface area contributed by atoms with E-state index in [0.29, 0.717) is 6.54 Å². The predicted molar refractivity (Wildman–Crippen MR) is 43.8 cm³/mol. The number of benzene rings is 1. The molecule has 0 saturated heterocycles. The lowest BCUT2D eigenvalue weighted by atomic mass is 10.1. The zero-order valence-electron chi connectivity index (χ0n) is 6.16. The minimum Gasteiger partial charge on any atom is -0.326 e. The summed E-state index contributed by atoms with van der Waals surface area (Å²) >= 11 is 0. The molecular formula is C8H10N2O. The van der Waals surface area contributed by atoms with E-state index in [9.17, 15) is 4.91 Å². The Morgan fingerprint density at radius 3 is 2.73 bits per heavy atom. The molecule has 0 atom stereocenters. The smallest absolute Gasteiger partial charge is 0.106 e. The van der Waals surface area contributed by atoms with Gasteiger partial charge in [-0.1, -0.05) is 29.4 Å². The second kappa shape index (κ2) is 3.83. The van der Waals surface area contributed by atoms with Crippen LogP contribution in [0.4, 0.5) is 0 Å². The van der Waals surface area contributed by atoms with Crippen molar-refractivity contribution in [2.45, 2.75) is 13.1 Å². The molecule has 0 radical (unpaired) electrons. The lowest BCUT2D eigenvalue weighted by Gasteiger charge is -1.97. The first kappa shape index (κ1) is 7.88. The Morgan fingerprint density at radius 2 is 2.09 bits per heavy atom. The van der Waals surface area contributed by atoms with Crippen molar-refractivity contribution in [2.24, 2.45) is 10.9 Å². The van der Waals surface area contributed by atoms with Gasteiger partial charge in [-0.15, -0.1) is 0 Å².